The van der Waals surface area contributed by atoms with E-state index < -0.39 is 0 Å². The van der Waals surface area contributed by atoms with E-state index in [1.165, 1.54) is 0 Å². The number of nitrogens with zero attached hydrogens (tertiary/aromatic N) is 4. The number of para-hydroxylation sites is 2. The van der Waals surface area contributed by atoms with E-state index in [-0.39, 0.29) is 5.41 Å². The lowest BCUT2D eigenvalue weighted by Crippen LogP contribution is -2.23. The molecule has 2 aromatic carbocycles. The van der Waals surface area contributed by atoms with Crippen molar-refractivity contribution >= 4 is 22.5 Å². The van der Waals surface area contributed by atoms with Gasteiger partial charge in [-0.2, -0.15) is 4.68 Å². The van der Waals surface area contributed by atoms with Crippen LogP contribution in [-0.2, 0) is 0 Å². The second-order valence-corrected chi connectivity index (χ2v) is 6.75. The van der Waals surface area contributed by atoms with Gasteiger partial charge >= 0.3 is 0 Å². The second-order valence-electron chi connectivity index (χ2n) is 6.75. The van der Waals surface area contributed by atoms with Gasteiger partial charge in [0.2, 0.25) is 0 Å². The van der Waals surface area contributed by atoms with E-state index in [0.717, 1.165) is 22.5 Å². The van der Waals surface area contributed by atoms with Gasteiger partial charge < -0.3 is 4.90 Å². The van der Waals surface area contributed by atoms with Crippen LogP contribution in [0.25, 0.3) is 16.9 Å². The highest BCUT2D eigenvalue weighted by Gasteiger charge is 2.18. The van der Waals surface area contributed by atoms with Crippen molar-refractivity contribution < 1.29 is 0 Å². The van der Waals surface area contributed by atoms with Crippen LogP contribution in [0, 0.1) is 5.41 Å². The maximum atomic E-state index is 4.38. The Kier molecular flexibility index (Phi) is 3.90. The molecule has 3 aromatic rings. The van der Waals surface area contributed by atoms with Crippen LogP contribution in [0.1, 0.15) is 20.8 Å². The second kappa shape index (κ2) is 5.88. The number of anilines is 1. The number of hydrogen-bond donors (Lipinski definition) is 0. The summed E-state index contributed by atoms with van der Waals surface area (Å²) in [5.41, 5.74) is 3.04. The molecule has 0 aliphatic heterocycles. The SMILES string of the molecule is CN(/C(=C\C(C)(C)C)n1nnc2ccccc21)c1ccccc1. The normalized spacial score (nSPS) is 12.6. The summed E-state index contributed by atoms with van der Waals surface area (Å²) in [5.74, 6) is 0.998. The highest BCUT2D eigenvalue weighted by molar-refractivity contribution is 5.80. The molecule has 1 heterocycles. The van der Waals surface area contributed by atoms with Gasteiger partial charge in [-0.25, -0.2) is 0 Å². The summed E-state index contributed by atoms with van der Waals surface area (Å²) >= 11 is 0. The Balaban J connectivity index is 2.16. The number of benzene rings is 2. The molecule has 4 heteroatoms. The molecule has 0 amide bonds. The molecular formula is C19H22N4. The first kappa shape index (κ1) is 15.3. The third-order valence-corrected chi connectivity index (χ3v) is 3.62. The molecule has 118 valence electrons. The van der Waals surface area contributed by atoms with Gasteiger partial charge in [0.1, 0.15) is 11.3 Å². The first-order chi connectivity index (χ1) is 11.0. The van der Waals surface area contributed by atoms with E-state index in [4.69, 9.17) is 0 Å². The number of aromatic nitrogens is 3. The van der Waals surface area contributed by atoms with E-state index in [0.29, 0.717) is 0 Å². The molecule has 1 aromatic heterocycles. The molecule has 0 aliphatic rings. The van der Waals surface area contributed by atoms with E-state index in [2.05, 4.69) is 61.2 Å². The zero-order chi connectivity index (χ0) is 16.4. The predicted octanol–water partition coefficient (Wildman–Crippen LogP) is 4.41. The van der Waals surface area contributed by atoms with Crippen LogP contribution in [0.3, 0.4) is 0 Å². The molecular weight excluding hydrogens is 284 g/mol. The fourth-order valence-corrected chi connectivity index (χ4v) is 2.51. The minimum atomic E-state index is 0.0193. The van der Waals surface area contributed by atoms with Crippen LogP contribution in [-0.4, -0.2) is 22.0 Å². The fourth-order valence-electron chi connectivity index (χ4n) is 2.51. The molecule has 3 rings (SSSR count). The molecule has 0 spiro atoms. The lowest BCUT2D eigenvalue weighted by Gasteiger charge is -2.26. The van der Waals surface area contributed by atoms with Gasteiger partial charge in [0, 0.05) is 12.7 Å². The molecule has 0 N–H and O–H groups in total. The van der Waals surface area contributed by atoms with Crippen LogP contribution < -0.4 is 4.90 Å². The van der Waals surface area contributed by atoms with Crippen molar-refractivity contribution in [2.24, 2.45) is 5.41 Å². The number of hydrogen-bond acceptors (Lipinski definition) is 3. The molecule has 0 unspecified atom stereocenters. The Morgan fingerprint density at radius 3 is 2.35 bits per heavy atom. The molecule has 0 saturated heterocycles. The number of allylic oxidation sites excluding steroid dienone is 1. The fraction of sp³-hybridized carbons (Fsp3) is 0.263. The summed E-state index contributed by atoms with van der Waals surface area (Å²) in [7, 11) is 2.06. The van der Waals surface area contributed by atoms with E-state index >= 15 is 0 Å². The molecule has 0 atom stereocenters. The van der Waals surface area contributed by atoms with Crippen LogP contribution in [0.2, 0.25) is 0 Å². The molecule has 0 radical (unpaired) electrons. The van der Waals surface area contributed by atoms with Crippen LogP contribution in [0.15, 0.2) is 60.7 Å². The van der Waals surface area contributed by atoms with Crippen molar-refractivity contribution in [2.45, 2.75) is 20.8 Å². The first-order valence-electron chi connectivity index (χ1n) is 7.78. The van der Waals surface area contributed by atoms with Crippen molar-refractivity contribution in [2.75, 3.05) is 11.9 Å². The largest absolute Gasteiger partial charge is 0.330 e. The summed E-state index contributed by atoms with van der Waals surface area (Å²) in [6.07, 6.45) is 2.22. The molecule has 0 bridgehead atoms. The predicted molar refractivity (Wildman–Crippen MR) is 96.1 cm³/mol. The van der Waals surface area contributed by atoms with Crippen LogP contribution in [0.5, 0.6) is 0 Å². The highest BCUT2D eigenvalue weighted by atomic mass is 15.5. The van der Waals surface area contributed by atoms with Gasteiger partial charge in [-0.3, -0.25) is 0 Å². The Morgan fingerprint density at radius 1 is 1.00 bits per heavy atom. The summed E-state index contributed by atoms with van der Waals surface area (Å²) in [5, 5.41) is 8.67. The number of fused-ring (bicyclic) bond motifs is 1. The highest BCUT2D eigenvalue weighted by Crippen LogP contribution is 2.27. The van der Waals surface area contributed by atoms with Crippen LogP contribution in [0.4, 0.5) is 5.69 Å². The zero-order valence-electron chi connectivity index (χ0n) is 14.1. The van der Waals surface area contributed by atoms with Gasteiger partial charge in [0.15, 0.2) is 0 Å². The lowest BCUT2D eigenvalue weighted by molar-refractivity contribution is 0.540. The molecule has 4 nitrogen and oxygen atoms in total. The van der Waals surface area contributed by atoms with Gasteiger partial charge in [-0.1, -0.05) is 56.3 Å². The van der Waals surface area contributed by atoms with Crippen LogP contribution >= 0.6 is 0 Å². The minimum absolute atomic E-state index is 0.0193. The Bertz CT molecular complexity index is 825. The van der Waals surface area contributed by atoms with Crippen molar-refractivity contribution in [3.8, 4) is 0 Å². The minimum Gasteiger partial charge on any atom is -0.330 e. The Hall–Kier alpha value is -2.62. The van der Waals surface area contributed by atoms with E-state index in [9.17, 15) is 0 Å². The summed E-state index contributed by atoms with van der Waals surface area (Å²) in [4.78, 5) is 2.15. The van der Waals surface area contributed by atoms with E-state index in [1.807, 2.05) is 47.1 Å². The zero-order valence-corrected chi connectivity index (χ0v) is 14.1. The summed E-state index contributed by atoms with van der Waals surface area (Å²) in [6.45, 7) is 6.56. The van der Waals surface area contributed by atoms with E-state index in [1.54, 1.807) is 0 Å². The maximum Gasteiger partial charge on any atom is 0.133 e. The Labute approximate surface area is 137 Å². The molecule has 0 fully saturated rings. The first-order valence-corrected chi connectivity index (χ1v) is 7.78. The maximum absolute atomic E-state index is 4.38. The summed E-state index contributed by atoms with van der Waals surface area (Å²) < 4.78 is 1.91. The molecule has 0 aliphatic carbocycles. The third-order valence-electron chi connectivity index (χ3n) is 3.62. The van der Waals surface area contributed by atoms with Crippen molar-refractivity contribution in [3.05, 3.63) is 60.7 Å². The van der Waals surface area contributed by atoms with Gasteiger partial charge in [-0.15, -0.1) is 5.10 Å². The molecule has 0 saturated carbocycles. The molecule has 23 heavy (non-hydrogen) atoms. The lowest BCUT2D eigenvalue weighted by atomic mass is 9.96. The van der Waals surface area contributed by atoms with Crippen molar-refractivity contribution in [3.63, 3.8) is 0 Å². The third kappa shape index (κ3) is 3.26. The van der Waals surface area contributed by atoms with Gasteiger partial charge in [0.05, 0.1) is 5.52 Å². The standard InChI is InChI=1S/C19H22N4/c1-19(2,3)14-18(22(4)15-10-6-5-7-11-15)23-17-13-9-8-12-16(17)20-21-23/h5-14H,1-4H3/b18-14+. The van der Waals surface area contributed by atoms with Gasteiger partial charge in [-0.05, 0) is 35.8 Å². The smallest absolute Gasteiger partial charge is 0.133 e. The summed E-state index contributed by atoms with van der Waals surface area (Å²) in [6, 6.07) is 18.3. The number of rotatable bonds is 3. The quantitative estimate of drug-likeness (QED) is 0.718. The average molecular weight is 306 g/mol. The van der Waals surface area contributed by atoms with Gasteiger partial charge in [0.25, 0.3) is 0 Å². The Morgan fingerprint density at radius 2 is 1.65 bits per heavy atom. The van der Waals surface area contributed by atoms with Crippen molar-refractivity contribution in [1.29, 1.82) is 0 Å². The van der Waals surface area contributed by atoms with Crippen molar-refractivity contribution in [1.82, 2.24) is 15.0 Å². The monoisotopic (exact) mass is 306 g/mol. The topological polar surface area (TPSA) is 34.0 Å². The average Bonchev–Trinajstić information content (AvgIpc) is 2.96.